The van der Waals surface area contributed by atoms with Gasteiger partial charge in [-0.05, 0) is 388 Å². The molecule has 0 fully saturated rings. The fourth-order valence-electron chi connectivity index (χ4n) is 27.8. The zero-order valence-electron chi connectivity index (χ0n) is 83.7. The third-order valence-electron chi connectivity index (χ3n) is 35.0. The summed E-state index contributed by atoms with van der Waals surface area (Å²) in [7, 11) is 0. The van der Waals surface area contributed by atoms with E-state index in [1.165, 1.54) is 327 Å². The molecule has 3 aliphatic carbocycles. The molecule has 0 aromatic heterocycles. The van der Waals surface area contributed by atoms with Gasteiger partial charge in [-0.2, -0.15) is 0 Å². The van der Waals surface area contributed by atoms with E-state index in [0.29, 0.717) is 0 Å². The maximum atomic E-state index is 2.50. The Kier molecular flexibility index (Phi) is 18.2. The topological polar surface area (TPSA) is 0 Å². The SMILES string of the molecule is CC1(C)c2ccc(-c3c4ccccc4c(-c4cccc5ccccc45)c4ccccc34)cc2-c2cc3c4ccccc4c4ccccc4c3cc21.CC1(C)c2ccc(-c3ccc(-c4ccc5ccc6cccc7ccc4c5c67)cc3)cc2-c2cc3c4ccccc4c4ccccc4c3cc21.CC1(C)c2ccc(-c3cccc(-c4ccc5ccc6cccc7ccc4c5c67)c3)cc2-c2cc3c4ccccc4c4ccccc4c3cc21. The Morgan fingerprint density at radius 1 is 0.107 bits per heavy atom. The lowest BCUT2D eigenvalue weighted by Crippen LogP contribution is -2.14. The van der Waals surface area contributed by atoms with Crippen molar-refractivity contribution in [2.45, 2.75) is 57.8 Å². The van der Waals surface area contributed by atoms with Gasteiger partial charge < -0.3 is 0 Å². The van der Waals surface area contributed by atoms with Crippen molar-refractivity contribution in [2.24, 2.45) is 0 Å². The van der Waals surface area contributed by atoms with Crippen molar-refractivity contribution in [2.75, 3.05) is 0 Å². The van der Waals surface area contributed by atoms with E-state index in [4.69, 9.17) is 0 Å². The van der Waals surface area contributed by atoms with Crippen molar-refractivity contribution in [3.8, 4) is 100 Å². The predicted octanol–water partition coefficient (Wildman–Crippen LogP) is 41.6. The summed E-state index contributed by atoms with van der Waals surface area (Å²) < 4.78 is 0. The molecule has 0 heterocycles. The van der Waals surface area contributed by atoms with Gasteiger partial charge in [0.25, 0.3) is 0 Å². The quantitative estimate of drug-likeness (QED) is 0.115. The second-order valence-electron chi connectivity index (χ2n) is 43.7. The number of benzene rings is 30. The van der Waals surface area contributed by atoms with E-state index in [1.54, 1.807) is 0 Å². The standard InChI is InChI=1S/C51H34.2C49H32/c1-51(2)47-27-26-32(28-45(47)46-29-43-36-19-7-5-17-34(36)35-18-6-8-20-37(35)44(43)30-48(46)51)49-39-21-9-11-23-41(39)50(42-24-12-10-22-40(42)49)38-25-13-15-31-14-3-4-16-33(31)38;1-49(2)45-24-21-33(26-43(45)44-27-41-38-15-5-3-13-36(38)37-14-4-6-16-39(37)42(41)28-46(44)49)32-11-8-12-34(25-32)35-22-19-31-18-17-29-9-7-10-30-20-23-40(35)48(31)47(29)30;1-49(2)45-25-22-34(26-43(45)44-27-41-38-12-5-3-10-36(38)37-11-4-6-13-39(37)42(41)28-46(44)49)29-14-16-30(17-15-29)35-23-20-33-19-18-31-8-7-9-32-21-24-40(35)48(33)47(31)32/h3-30H,1-2H3;2*3-28H,1-2H3. The normalized spacial score (nSPS) is 13.6. The van der Waals surface area contributed by atoms with Crippen LogP contribution in [0.1, 0.15) is 74.9 Å². The van der Waals surface area contributed by atoms with Gasteiger partial charge in [-0.15, -0.1) is 0 Å². The van der Waals surface area contributed by atoms with Crippen molar-refractivity contribution in [3.05, 3.63) is 519 Å². The summed E-state index contributed by atoms with van der Waals surface area (Å²) in [4.78, 5) is 0. The lowest BCUT2D eigenvalue weighted by Gasteiger charge is -2.23. The Balaban J connectivity index is 0.000000101. The van der Waals surface area contributed by atoms with Crippen molar-refractivity contribution >= 4 is 194 Å². The van der Waals surface area contributed by atoms with Gasteiger partial charge in [0, 0.05) is 16.2 Å². The molecule has 0 heteroatoms. The smallest absolute Gasteiger partial charge is 0.0159 e. The minimum Gasteiger partial charge on any atom is -0.0616 e. The minimum absolute atomic E-state index is 0.0803. The van der Waals surface area contributed by atoms with E-state index >= 15 is 0 Å². The van der Waals surface area contributed by atoms with Crippen LogP contribution in [0.15, 0.2) is 485 Å². The molecule has 0 N–H and O–H groups in total. The van der Waals surface area contributed by atoms with Gasteiger partial charge >= 0.3 is 0 Å². The van der Waals surface area contributed by atoms with Gasteiger partial charge in [-0.3, -0.25) is 0 Å². The summed E-state index contributed by atoms with van der Waals surface area (Å²) >= 11 is 0. The van der Waals surface area contributed by atoms with E-state index < -0.39 is 0 Å². The van der Waals surface area contributed by atoms with Crippen LogP contribution in [0.3, 0.4) is 0 Å². The van der Waals surface area contributed by atoms with Crippen molar-refractivity contribution in [1.82, 2.24) is 0 Å². The molecule has 3 aliphatic rings. The molecule has 0 amide bonds. The second kappa shape index (κ2) is 31.9. The summed E-state index contributed by atoms with van der Waals surface area (Å²) in [5.74, 6) is 0. The molecule has 0 saturated carbocycles. The summed E-state index contributed by atoms with van der Waals surface area (Å²) in [6.07, 6.45) is 0. The maximum Gasteiger partial charge on any atom is 0.0159 e. The monoisotopic (exact) mass is 1890 g/mol. The molecular formula is C149H98. The molecular weight excluding hydrogens is 1790 g/mol. The zero-order valence-corrected chi connectivity index (χ0v) is 83.7. The average molecular weight is 1890 g/mol. The number of hydrogen-bond acceptors (Lipinski definition) is 0. The fraction of sp³-hybridized carbons (Fsp3) is 0.0604. The molecule has 0 saturated heterocycles. The van der Waals surface area contributed by atoms with Gasteiger partial charge in [0.1, 0.15) is 0 Å². The lowest BCUT2D eigenvalue weighted by molar-refractivity contribution is 0.661. The molecule has 0 spiro atoms. The first-order chi connectivity index (χ1) is 73.2. The molecule has 149 heavy (non-hydrogen) atoms. The first-order valence-electron chi connectivity index (χ1n) is 52.7. The highest BCUT2D eigenvalue weighted by molar-refractivity contribution is 6.33. The fourth-order valence-corrected chi connectivity index (χ4v) is 27.8. The third kappa shape index (κ3) is 12.5. The van der Waals surface area contributed by atoms with E-state index in [-0.39, 0.29) is 16.2 Å². The van der Waals surface area contributed by atoms with Gasteiger partial charge in [0.15, 0.2) is 0 Å². The van der Waals surface area contributed by atoms with Crippen LogP contribution in [0.2, 0.25) is 0 Å². The van der Waals surface area contributed by atoms with Crippen LogP contribution in [0.5, 0.6) is 0 Å². The highest BCUT2D eigenvalue weighted by atomic mass is 14.4. The minimum atomic E-state index is -0.119. The molecule has 30 aromatic rings. The summed E-state index contributed by atoms with van der Waals surface area (Å²) in [5, 5.41) is 47.5. The van der Waals surface area contributed by atoms with Crippen LogP contribution in [0.4, 0.5) is 0 Å². The first kappa shape index (κ1) is 85.2. The van der Waals surface area contributed by atoms with Crippen LogP contribution >= 0.6 is 0 Å². The molecule has 0 bridgehead atoms. The second-order valence-corrected chi connectivity index (χ2v) is 43.7. The van der Waals surface area contributed by atoms with Crippen LogP contribution in [0.25, 0.3) is 294 Å². The summed E-state index contributed by atoms with van der Waals surface area (Å²) in [6.45, 7) is 14.4. The van der Waals surface area contributed by atoms with Crippen LogP contribution in [0, 0.1) is 0 Å². The van der Waals surface area contributed by atoms with Crippen molar-refractivity contribution < 1.29 is 0 Å². The largest absolute Gasteiger partial charge is 0.0616 e. The van der Waals surface area contributed by atoms with Crippen molar-refractivity contribution in [1.29, 1.82) is 0 Å². The lowest BCUT2D eigenvalue weighted by atomic mass is 9.80. The van der Waals surface area contributed by atoms with Gasteiger partial charge in [-0.1, -0.05) is 466 Å². The van der Waals surface area contributed by atoms with Gasteiger partial charge in [-0.25, -0.2) is 0 Å². The Labute approximate surface area is 864 Å². The molecule has 0 radical (unpaired) electrons. The van der Waals surface area contributed by atoms with E-state index in [1.807, 2.05) is 0 Å². The van der Waals surface area contributed by atoms with Gasteiger partial charge in [0.05, 0.1) is 0 Å². The predicted molar refractivity (Wildman–Crippen MR) is 642 cm³/mol. The molecule has 0 atom stereocenters. The molecule has 0 nitrogen and oxygen atoms in total. The molecule has 30 aromatic carbocycles. The summed E-state index contributed by atoms with van der Waals surface area (Å²) in [5.41, 5.74) is 31.5. The summed E-state index contributed by atoms with van der Waals surface area (Å²) in [6, 6.07) is 182. The molecule has 0 unspecified atom stereocenters. The molecule has 33 rings (SSSR count). The molecule has 694 valence electrons. The van der Waals surface area contributed by atoms with Crippen LogP contribution in [-0.2, 0) is 16.2 Å². The number of hydrogen-bond donors (Lipinski definition) is 0. The van der Waals surface area contributed by atoms with Gasteiger partial charge in [0.2, 0.25) is 0 Å². The Hall–Kier alpha value is -18.2. The van der Waals surface area contributed by atoms with E-state index in [0.717, 1.165) is 0 Å². The Morgan fingerprint density at radius 2 is 0.356 bits per heavy atom. The van der Waals surface area contributed by atoms with Crippen LogP contribution < -0.4 is 0 Å². The number of fused-ring (bicyclic) bond motifs is 30. The number of rotatable bonds is 6. The van der Waals surface area contributed by atoms with E-state index in [2.05, 4.69) is 527 Å². The highest BCUT2D eigenvalue weighted by Crippen LogP contribution is 2.59. The third-order valence-corrected chi connectivity index (χ3v) is 35.0. The maximum absolute atomic E-state index is 2.50. The molecule has 0 aliphatic heterocycles. The Bertz CT molecular complexity index is 11000. The van der Waals surface area contributed by atoms with E-state index in [9.17, 15) is 0 Å². The van der Waals surface area contributed by atoms with Crippen LogP contribution in [-0.4, -0.2) is 0 Å². The zero-order chi connectivity index (χ0) is 98.7. The van der Waals surface area contributed by atoms with Crippen molar-refractivity contribution in [3.63, 3.8) is 0 Å². The Morgan fingerprint density at radius 3 is 0.752 bits per heavy atom. The highest BCUT2D eigenvalue weighted by Gasteiger charge is 2.41. The average Bonchev–Trinajstić information content (AvgIpc) is 1.55. The first-order valence-corrected chi connectivity index (χ1v) is 52.7.